The van der Waals surface area contributed by atoms with Crippen LogP contribution in [0.1, 0.15) is 13.8 Å². The van der Waals surface area contributed by atoms with Crippen LogP contribution in [0, 0.1) is 0 Å². The van der Waals surface area contributed by atoms with E-state index in [1.54, 1.807) is 0 Å². The maximum Gasteiger partial charge on any atom is 0.173 e. The summed E-state index contributed by atoms with van der Waals surface area (Å²) >= 11 is 5.46. The molecule has 1 N–H and O–H groups in total. The molecule has 1 aromatic carbocycles. The van der Waals surface area contributed by atoms with Crippen molar-refractivity contribution in [1.29, 1.82) is 0 Å². The minimum absolute atomic E-state index is 0.666. The summed E-state index contributed by atoms with van der Waals surface area (Å²) in [4.78, 5) is 2.08. The second-order valence-electron chi connectivity index (χ2n) is 4.18. The van der Waals surface area contributed by atoms with Crippen molar-refractivity contribution in [1.82, 2.24) is 4.90 Å². The minimum atomic E-state index is 0.666. The standard InChI is InChI=1S/C15H24N2O2S/c1-3-18-12-10-17(11-13-19-4-2)15(20)16-14-8-6-5-7-9-14/h5-9H,3-4,10-13H2,1-2H3,(H,16,20). The monoisotopic (exact) mass is 296 g/mol. The molecule has 0 radical (unpaired) electrons. The summed E-state index contributed by atoms with van der Waals surface area (Å²) in [5.41, 5.74) is 0.996. The van der Waals surface area contributed by atoms with E-state index >= 15 is 0 Å². The molecule has 1 aromatic rings. The number of hydrogen-bond donors (Lipinski definition) is 1. The largest absolute Gasteiger partial charge is 0.380 e. The first-order valence-electron chi connectivity index (χ1n) is 7.04. The second kappa shape index (κ2) is 10.6. The third kappa shape index (κ3) is 6.84. The van der Waals surface area contributed by atoms with Gasteiger partial charge >= 0.3 is 0 Å². The van der Waals surface area contributed by atoms with Gasteiger partial charge < -0.3 is 19.7 Å². The Morgan fingerprint density at radius 2 is 1.60 bits per heavy atom. The highest BCUT2D eigenvalue weighted by atomic mass is 32.1. The molecular weight excluding hydrogens is 272 g/mol. The Kier molecular flexibility index (Phi) is 8.95. The van der Waals surface area contributed by atoms with Gasteiger partial charge in [-0.1, -0.05) is 18.2 Å². The van der Waals surface area contributed by atoms with Crippen molar-refractivity contribution >= 4 is 23.0 Å². The fourth-order valence-electron chi connectivity index (χ4n) is 1.68. The molecule has 0 atom stereocenters. The van der Waals surface area contributed by atoms with Gasteiger partial charge in [0, 0.05) is 32.0 Å². The topological polar surface area (TPSA) is 33.7 Å². The predicted molar refractivity (Wildman–Crippen MR) is 87.2 cm³/mol. The van der Waals surface area contributed by atoms with Crippen LogP contribution in [0.4, 0.5) is 5.69 Å². The summed E-state index contributed by atoms with van der Waals surface area (Å²) < 4.78 is 10.8. The zero-order valence-corrected chi connectivity index (χ0v) is 13.1. The molecule has 0 fully saturated rings. The van der Waals surface area contributed by atoms with Crippen LogP contribution in [0.5, 0.6) is 0 Å². The van der Waals surface area contributed by atoms with E-state index in [0.717, 1.165) is 32.0 Å². The lowest BCUT2D eigenvalue weighted by atomic mass is 10.3. The number of rotatable bonds is 9. The van der Waals surface area contributed by atoms with Gasteiger partial charge in [0.15, 0.2) is 5.11 Å². The number of benzene rings is 1. The summed E-state index contributed by atoms with van der Waals surface area (Å²) in [6, 6.07) is 9.94. The lowest BCUT2D eigenvalue weighted by Crippen LogP contribution is -2.39. The average molecular weight is 296 g/mol. The molecule has 0 bridgehead atoms. The Balaban J connectivity index is 2.48. The number of anilines is 1. The van der Waals surface area contributed by atoms with E-state index in [0.29, 0.717) is 18.3 Å². The van der Waals surface area contributed by atoms with Crippen molar-refractivity contribution < 1.29 is 9.47 Å². The summed E-state index contributed by atoms with van der Waals surface area (Å²) in [7, 11) is 0. The van der Waals surface area contributed by atoms with Crippen LogP contribution in [0.2, 0.25) is 0 Å². The molecular formula is C15H24N2O2S. The van der Waals surface area contributed by atoms with Crippen molar-refractivity contribution in [3.8, 4) is 0 Å². The number of para-hydroxylation sites is 1. The van der Waals surface area contributed by atoms with Crippen LogP contribution < -0.4 is 5.32 Å². The smallest absolute Gasteiger partial charge is 0.173 e. The zero-order valence-electron chi connectivity index (χ0n) is 12.3. The van der Waals surface area contributed by atoms with Crippen molar-refractivity contribution in [3.63, 3.8) is 0 Å². The molecule has 0 heterocycles. The Labute approximate surface area is 127 Å². The maximum atomic E-state index is 5.46. The molecule has 0 saturated carbocycles. The van der Waals surface area contributed by atoms with E-state index in [2.05, 4.69) is 10.2 Å². The van der Waals surface area contributed by atoms with E-state index in [-0.39, 0.29) is 0 Å². The van der Waals surface area contributed by atoms with Gasteiger partial charge in [-0.05, 0) is 38.2 Å². The van der Waals surface area contributed by atoms with Crippen LogP contribution in [-0.2, 0) is 9.47 Å². The Morgan fingerprint density at radius 1 is 1.05 bits per heavy atom. The first-order chi connectivity index (χ1) is 9.77. The Hall–Kier alpha value is -1.17. The molecule has 0 aliphatic carbocycles. The zero-order chi connectivity index (χ0) is 14.6. The van der Waals surface area contributed by atoms with E-state index in [9.17, 15) is 0 Å². The van der Waals surface area contributed by atoms with Crippen LogP contribution in [0.3, 0.4) is 0 Å². The fourth-order valence-corrected chi connectivity index (χ4v) is 1.98. The predicted octanol–water partition coefficient (Wildman–Crippen LogP) is 2.76. The van der Waals surface area contributed by atoms with Crippen LogP contribution in [0.15, 0.2) is 30.3 Å². The van der Waals surface area contributed by atoms with Gasteiger partial charge in [0.2, 0.25) is 0 Å². The molecule has 4 nitrogen and oxygen atoms in total. The quantitative estimate of drug-likeness (QED) is 0.560. The van der Waals surface area contributed by atoms with E-state index in [1.165, 1.54) is 0 Å². The summed E-state index contributed by atoms with van der Waals surface area (Å²) in [5, 5.41) is 3.95. The molecule has 1 rings (SSSR count). The number of thiocarbonyl (C=S) groups is 1. The molecule has 0 aliphatic rings. The Bertz CT molecular complexity index is 363. The minimum Gasteiger partial charge on any atom is -0.380 e. The number of ether oxygens (including phenoxy) is 2. The van der Waals surface area contributed by atoms with Gasteiger partial charge in [-0.3, -0.25) is 0 Å². The highest BCUT2D eigenvalue weighted by Gasteiger charge is 2.09. The van der Waals surface area contributed by atoms with E-state index in [1.807, 2.05) is 44.2 Å². The molecule has 112 valence electrons. The van der Waals surface area contributed by atoms with Crippen molar-refractivity contribution in [2.24, 2.45) is 0 Å². The van der Waals surface area contributed by atoms with E-state index < -0.39 is 0 Å². The summed E-state index contributed by atoms with van der Waals surface area (Å²) in [6.45, 7) is 8.28. The second-order valence-corrected chi connectivity index (χ2v) is 4.56. The third-order valence-corrected chi connectivity index (χ3v) is 3.09. The first kappa shape index (κ1) is 16.9. The Morgan fingerprint density at radius 3 is 2.10 bits per heavy atom. The number of hydrogen-bond acceptors (Lipinski definition) is 3. The molecule has 0 aromatic heterocycles. The molecule has 0 unspecified atom stereocenters. The number of nitrogens with zero attached hydrogens (tertiary/aromatic N) is 1. The van der Waals surface area contributed by atoms with Gasteiger partial charge in [-0.15, -0.1) is 0 Å². The summed E-state index contributed by atoms with van der Waals surface area (Å²) in [6.07, 6.45) is 0. The van der Waals surface area contributed by atoms with Crippen molar-refractivity contribution in [2.45, 2.75) is 13.8 Å². The van der Waals surface area contributed by atoms with Gasteiger partial charge in [0.25, 0.3) is 0 Å². The van der Waals surface area contributed by atoms with Gasteiger partial charge in [0.1, 0.15) is 0 Å². The van der Waals surface area contributed by atoms with Gasteiger partial charge in [-0.2, -0.15) is 0 Å². The van der Waals surface area contributed by atoms with Crippen LogP contribution >= 0.6 is 12.2 Å². The SMILES string of the molecule is CCOCCN(CCOCC)C(=S)Nc1ccccc1. The maximum absolute atomic E-state index is 5.46. The normalized spacial score (nSPS) is 10.3. The molecule has 0 aliphatic heterocycles. The van der Waals surface area contributed by atoms with Gasteiger partial charge in [0.05, 0.1) is 13.2 Å². The van der Waals surface area contributed by atoms with Crippen molar-refractivity contribution in [2.75, 3.05) is 44.8 Å². The lowest BCUT2D eigenvalue weighted by Gasteiger charge is -2.25. The molecule has 0 spiro atoms. The molecule has 5 heteroatoms. The average Bonchev–Trinajstić information content (AvgIpc) is 2.47. The van der Waals surface area contributed by atoms with Crippen LogP contribution in [0.25, 0.3) is 0 Å². The fraction of sp³-hybridized carbons (Fsp3) is 0.533. The van der Waals surface area contributed by atoms with E-state index in [4.69, 9.17) is 21.7 Å². The molecule has 20 heavy (non-hydrogen) atoms. The molecule has 0 amide bonds. The molecule has 0 saturated heterocycles. The van der Waals surface area contributed by atoms with Crippen molar-refractivity contribution in [3.05, 3.63) is 30.3 Å². The van der Waals surface area contributed by atoms with Gasteiger partial charge in [-0.25, -0.2) is 0 Å². The lowest BCUT2D eigenvalue weighted by molar-refractivity contribution is 0.108. The summed E-state index contributed by atoms with van der Waals surface area (Å²) in [5.74, 6) is 0. The van der Waals surface area contributed by atoms with Crippen LogP contribution in [-0.4, -0.2) is 49.5 Å². The highest BCUT2D eigenvalue weighted by molar-refractivity contribution is 7.80. The third-order valence-electron chi connectivity index (χ3n) is 2.73. The highest BCUT2D eigenvalue weighted by Crippen LogP contribution is 2.07. The first-order valence-corrected chi connectivity index (χ1v) is 7.45. The number of nitrogens with one attached hydrogen (secondary N) is 1.